The van der Waals surface area contributed by atoms with Crippen LogP contribution in [0.15, 0.2) is 36.5 Å². The van der Waals surface area contributed by atoms with E-state index in [2.05, 4.69) is 10.3 Å². The normalized spacial score (nSPS) is 11.3. The van der Waals surface area contributed by atoms with Gasteiger partial charge in [0.05, 0.1) is 12.1 Å². The Bertz CT molecular complexity index is 645. The van der Waals surface area contributed by atoms with Crippen molar-refractivity contribution < 1.29 is 26.7 Å². The molecule has 0 radical (unpaired) electrons. The van der Waals surface area contributed by atoms with Gasteiger partial charge in [0.2, 0.25) is 0 Å². The molecule has 8 heteroatoms. The first kappa shape index (κ1) is 16.0. The molecule has 0 bridgehead atoms. The highest BCUT2D eigenvalue weighted by atomic mass is 19.4. The molecule has 2 rings (SSSR count). The van der Waals surface area contributed by atoms with E-state index < -0.39 is 23.4 Å². The smallest absolute Gasteiger partial charge is 0.419 e. The highest BCUT2D eigenvalue weighted by Gasteiger charge is 2.33. The van der Waals surface area contributed by atoms with E-state index in [-0.39, 0.29) is 24.7 Å². The zero-order valence-corrected chi connectivity index (χ0v) is 11.1. The van der Waals surface area contributed by atoms with Crippen LogP contribution in [0.3, 0.4) is 0 Å². The van der Waals surface area contributed by atoms with Gasteiger partial charge in [-0.15, -0.1) is 0 Å². The van der Waals surface area contributed by atoms with Crippen LogP contribution in [0.5, 0.6) is 5.75 Å². The lowest BCUT2D eigenvalue weighted by atomic mass is 10.2. The molecule has 0 aliphatic heterocycles. The molecule has 1 aromatic carbocycles. The van der Waals surface area contributed by atoms with Crippen LogP contribution in [0.2, 0.25) is 0 Å². The third-order valence-electron chi connectivity index (χ3n) is 2.66. The van der Waals surface area contributed by atoms with Gasteiger partial charge in [-0.2, -0.15) is 13.2 Å². The van der Waals surface area contributed by atoms with Gasteiger partial charge in [-0.1, -0.05) is 0 Å². The molecule has 118 valence electrons. The third-order valence-corrected chi connectivity index (χ3v) is 2.66. The molecular formula is C14H11F5N2O. The second-order valence-corrected chi connectivity index (χ2v) is 4.25. The molecule has 0 amide bonds. The van der Waals surface area contributed by atoms with Crippen LogP contribution in [0.1, 0.15) is 5.56 Å². The summed E-state index contributed by atoms with van der Waals surface area (Å²) in [7, 11) is 0. The molecule has 2 aromatic rings. The Hall–Kier alpha value is -2.38. The third kappa shape index (κ3) is 4.06. The Labute approximate surface area is 122 Å². The highest BCUT2D eigenvalue weighted by Crippen LogP contribution is 2.33. The molecule has 22 heavy (non-hydrogen) atoms. The summed E-state index contributed by atoms with van der Waals surface area (Å²) in [5, 5.41) is 2.47. The number of anilines is 1. The lowest BCUT2D eigenvalue weighted by Crippen LogP contribution is -2.17. The van der Waals surface area contributed by atoms with Gasteiger partial charge in [-0.25, -0.2) is 13.8 Å². The van der Waals surface area contributed by atoms with Crippen LogP contribution >= 0.6 is 0 Å². The molecule has 1 N–H and O–H groups in total. The van der Waals surface area contributed by atoms with E-state index >= 15 is 0 Å². The zero-order chi connectivity index (χ0) is 16.2. The number of hydrogen-bond donors (Lipinski definition) is 1. The predicted molar refractivity (Wildman–Crippen MR) is 69.6 cm³/mol. The van der Waals surface area contributed by atoms with Crippen molar-refractivity contribution >= 4 is 5.82 Å². The average Bonchev–Trinajstić information content (AvgIpc) is 2.45. The van der Waals surface area contributed by atoms with Gasteiger partial charge >= 0.3 is 6.18 Å². The van der Waals surface area contributed by atoms with Gasteiger partial charge in [-0.05, 0) is 24.3 Å². The quantitative estimate of drug-likeness (QED) is 0.671. The molecule has 0 fully saturated rings. The summed E-state index contributed by atoms with van der Waals surface area (Å²) < 4.78 is 69.1. The number of nitrogens with one attached hydrogen (secondary N) is 1. The van der Waals surface area contributed by atoms with E-state index in [4.69, 9.17) is 4.74 Å². The number of ether oxygens (including phenoxy) is 1. The lowest BCUT2D eigenvalue weighted by Gasteiger charge is -2.13. The van der Waals surface area contributed by atoms with Crippen molar-refractivity contribution in [2.45, 2.75) is 6.18 Å². The number of pyridine rings is 1. The van der Waals surface area contributed by atoms with Gasteiger partial charge in [0.25, 0.3) is 0 Å². The van der Waals surface area contributed by atoms with Crippen molar-refractivity contribution in [1.82, 2.24) is 4.98 Å². The van der Waals surface area contributed by atoms with Gasteiger partial charge in [0.15, 0.2) is 11.6 Å². The second kappa shape index (κ2) is 6.59. The van der Waals surface area contributed by atoms with E-state index in [9.17, 15) is 22.0 Å². The largest absolute Gasteiger partial charge is 0.489 e. The molecule has 3 nitrogen and oxygen atoms in total. The van der Waals surface area contributed by atoms with E-state index in [1.807, 2.05) is 0 Å². The SMILES string of the molecule is Fc1ccc(OCCNc2ncccc2C(F)(F)F)c(F)c1. The molecule has 0 aliphatic rings. The molecule has 0 saturated heterocycles. The van der Waals surface area contributed by atoms with Crippen molar-refractivity contribution in [3.8, 4) is 5.75 Å². The van der Waals surface area contributed by atoms with E-state index in [1.165, 1.54) is 12.3 Å². The average molecular weight is 318 g/mol. The minimum atomic E-state index is -4.53. The van der Waals surface area contributed by atoms with Crippen molar-refractivity contribution in [3.05, 3.63) is 53.7 Å². The standard InChI is InChI=1S/C14H11F5N2O/c15-9-3-4-12(11(16)8-9)22-7-6-21-13-10(14(17,18)19)2-1-5-20-13/h1-5,8H,6-7H2,(H,20,21). The van der Waals surface area contributed by atoms with Crippen molar-refractivity contribution in [2.24, 2.45) is 0 Å². The summed E-state index contributed by atoms with van der Waals surface area (Å²) in [5.74, 6) is -2.14. The molecule has 0 spiro atoms. The first-order chi connectivity index (χ1) is 10.4. The number of aromatic nitrogens is 1. The Morgan fingerprint density at radius 1 is 1.14 bits per heavy atom. The van der Waals surface area contributed by atoms with Crippen LogP contribution in [0.4, 0.5) is 27.8 Å². The maximum Gasteiger partial charge on any atom is 0.419 e. The monoisotopic (exact) mass is 318 g/mol. The van der Waals surface area contributed by atoms with E-state index in [0.29, 0.717) is 6.07 Å². The topological polar surface area (TPSA) is 34.1 Å². The van der Waals surface area contributed by atoms with Crippen molar-refractivity contribution in [2.75, 3.05) is 18.5 Å². The molecule has 1 heterocycles. The Kier molecular flexibility index (Phi) is 4.79. The Balaban J connectivity index is 1.92. The zero-order valence-electron chi connectivity index (χ0n) is 11.1. The molecule has 0 atom stereocenters. The maximum atomic E-state index is 13.3. The number of hydrogen-bond acceptors (Lipinski definition) is 3. The first-order valence-electron chi connectivity index (χ1n) is 6.22. The van der Waals surface area contributed by atoms with Crippen LogP contribution in [0, 0.1) is 11.6 Å². The number of nitrogens with zero attached hydrogens (tertiary/aromatic N) is 1. The number of rotatable bonds is 5. The minimum absolute atomic E-state index is 0.0308. The summed E-state index contributed by atoms with van der Waals surface area (Å²) in [6.45, 7) is -0.146. The Morgan fingerprint density at radius 2 is 1.91 bits per heavy atom. The summed E-state index contributed by atoms with van der Waals surface area (Å²) in [6, 6.07) is 4.86. The van der Waals surface area contributed by atoms with Gasteiger partial charge in [-0.3, -0.25) is 0 Å². The van der Waals surface area contributed by atoms with Crippen LogP contribution in [-0.2, 0) is 6.18 Å². The molecule has 1 aromatic heterocycles. The summed E-state index contributed by atoms with van der Waals surface area (Å²) in [5.41, 5.74) is -0.900. The summed E-state index contributed by atoms with van der Waals surface area (Å²) in [6.07, 6.45) is -3.31. The van der Waals surface area contributed by atoms with E-state index in [0.717, 1.165) is 18.2 Å². The fraction of sp³-hybridized carbons (Fsp3) is 0.214. The molecular weight excluding hydrogens is 307 g/mol. The van der Waals surface area contributed by atoms with Crippen molar-refractivity contribution in [3.63, 3.8) is 0 Å². The number of alkyl halides is 3. The number of benzene rings is 1. The van der Waals surface area contributed by atoms with Crippen LogP contribution in [0.25, 0.3) is 0 Å². The summed E-state index contributed by atoms with van der Waals surface area (Å²) in [4.78, 5) is 3.61. The molecule has 0 aliphatic carbocycles. The van der Waals surface area contributed by atoms with Gasteiger partial charge in [0, 0.05) is 12.3 Å². The van der Waals surface area contributed by atoms with Gasteiger partial charge < -0.3 is 10.1 Å². The van der Waals surface area contributed by atoms with Crippen molar-refractivity contribution in [1.29, 1.82) is 0 Å². The van der Waals surface area contributed by atoms with E-state index in [1.54, 1.807) is 0 Å². The fourth-order valence-corrected chi connectivity index (χ4v) is 1.70. The molecule has 0 saturated carbocycles. The Morgan fingerprint density at radius 3 is 2.59 bits per heavy atom. The highest BCUT2D eigenvalue weighted by molar-refractivity contribution is 5.45. The molecule has 0 unspecified atom stereocenters. The van der Waals surface area contributed by atoms with Crippen LogP contribution < -0.4 is 10.1 Å². The maximum absolute atomic E-state index is 13.3. The van der Waals surface area contributed by atoms with Gasteiger partial charge in [0.1, 0.15) is 18.2 Å². The van der Waals surface area contributed by atoms with Crippen LogP contribution in [-0.4, -0.2) is 18.1 Å². The fourth-order valence-electron chi connectivity index (χ4n) is 1.70. The second-order valence-electron chi connectivity index (χ2n) is 4.25. The summed E-state index contributed by atoms with van der Waals surface area (Å²) >= 11 is 0. The lowest BCUT2D eigenvalue weighted by molar-refractivity contribution is -0.137. The minimum Gasteiger partial charge on any atom is -0.489 e. The first-order valence-corrected chi connectivity index (χ1v) is 6.22. The predicted octanol–water partition coefficient (Wildman–Crippen LogP) is 3.87. The number of halogens is 5.